The van der Waals surface area contributed by atoms with E-state index in [1.54, 1.807) is 29.8 Å². The molecule has 4 nitrogen and oxygen atoms in total. The summed E-state index contributed by atoms with van der Waals surface area (Å²) < 4.78 is 20.2. The lowest BCUT2D eigenvalue weighted by atomic mass is 9.90. The number of ether oxygens (including phenoxy) is 1. The molecule has 0 saturated heterocycles. The van der Waals surface area contributed by atoms with Gasteiger partial charge in [-0.1, -0.05) is 26.0 Å². The van der Waals surface area contributed by atoms with Gasteiger partial charge in [0.2, 0.25) is 0 Å². The molecule has 2 rings (SSSR count). The molecule has 5 heteroatoms. The summed E-state index contributed by atoms with van der Waals surface area (Å²) in [6.07, 6.45) is 3.79. The minimum absolute atomic E-state index is 0.0554. The maximum absolute atomic E-state index is 13.4. The molecular weight excluding hydrogens is 321 g/mol. The van der Waals surface area contributed by atoms with Crippen LogP contribution in [-0.2, 0) is 23.2 Å². The van der Waals surface area contributed by atoms with Crippen LogP contribution >= 0.6 is 0 Å². The van der Waals surface area contributed by atoms with Crippen LogP contribution in [-0.4, -0.2) is 18.0 Å². The van der Waals surface area contributed by atoms with Crippen LogP contribution in [0.25, 0.3) is 17.2 Å². The summed E-state index contributed by atoms with van der Waals surface area (Å²) in [6.45, 7) is 4.09. The number of rotatable bonds is 6. The van der Waals surface area contributed by atoms with Crippen molar-refractivity contribution in [1.82, 2.24) is 4.57 Å². The first-order valence-electron chi connectivity index (χ1n) is 8.04. The number of hydrogen-bond acceptors (Lipinski definition) is 3. The highest BCUT2D eigenvalue weighted by atomic mass is 19.1. The third kappa shape index (κ3) is 3.77. The molecule has 0 aliphatic heterocycles. The van der Waals surface area contributed by atoms with Gasteiger partial charge in [-0.15, -0.1) is 0 Å². The third-order valence-electron chi connectivity index (χ3n) is 4.08. The zero-order chi connectivity index (χ0) is 18.6. The Labute approximate surface area is 146 Å². The molecule has 0 unspecified atom stereocenters. The average molecular weight is 343 g/mol. The molecule has 0 fully saturated rings. The Balaban J connectivity index is 2.97. The second kappa shape index (κ2) is 8.03. The van der Waals surface area contributed by atoms with Crippen molar-refractivity contribution in [2.24, 2.45) is 7.05 Å². The highest BCUT2D eigenvalue weighted by Gasteiger charge is 2.21. The van der Waals surface area contributed by atoms with Crippen LogP contribution in [0.1, 0.15) is 36.6 Å². The first-order valence-corrected chi connectivity index (χ1v) is 8.04. The number of halogens is 1. The molecule has 1 aromatic heterocycles. The lowest BCUT2D eigenvalue weighted by molar-refractivity contribution is -0.104. The van der Waals surface area contributed by atoms with Crippen molar-refractivity contribution in [2.75, 3.05) is 7.11 Å². The molecule has 1 heterocycles. The van der Waals surface area contributed by atoms with Crippen molar-refractivity contribution >= 4 is 12.4 Å². The van der Waals surface area contributed by atoms with Gasteiger partial charge >= 0.3 is 0 Å². The molecular formula is C20H22FNO3. The summed E-state index contributed by atoms with van der Waals surface area (Å²) >= 11 is 0. The van der Waals surface area contributed by atoms with E-state index < -0.39 is 0 Å². The number of nitrogens with zero attached hydrogens (tertiary/aromatic N) is 1. The van der Waals surface area contributed by atoms with Crippen molar-refractivity contribution in [1.29, 1.82) is 0 Å². The Bertz CT molecular complexity index is 849. The molecule has 25 heavy (non-hydrogen) atoms. The molecule has 132 valence electrons. The predicted octanol–water partition coefficient (Wildman–Crippen LogP) is 3.67. The topological polar surface area (TPSA) is 48.3 Å². The fraction of sp³-hybridized carbons (Fsp3) is 0.300. The number of pyridine rings is 1. The van der Waals surface area contributed by atoms with E-state index in [0.717, 1.165) is 11.3 Å². The van der Waals surface area contributed by atoms with Crippen LogP contribution in [0.15, 0.2) is 35.1 Å². The standard InChI is InChI=1S/C20H22FNO3/c1-13(2)19-16(6-5-11-23)18(14-7-9-15(21)10-8-14)17(12-25-4)20(24)22(19)3/h5-11,13H,12H2,1-4H3. The second-order valence-corrected chi connectivity index (χ2v) is 6.11. The van der Waals surface area contributed by atoms with E-state index in [1.165, 1.54) is 25.3 Å². The Kier molecular flexibility index (Phi) is 6.04. The molecule has 0 aliphatic rings. The van der Waals surface area contributed by atoms with Crippen LogP contribution in [0.3, 0.4) is 0 Å². The number of hydrogen-bond donors (Lipinski definition) is 0. The first kappa shape index (κ1) is 18.8. The molecule has 2 aromatic rings. The molecule has 0 amide bonds. The monoisotopic (exact) mass is 343 g/mol. The fourth-order valence-corrected chi connectivity index (χ4v) is 3.12. The Morgan fingerprint density at radius 1 is 1.24 bits per heavy atom. The normalized spacial score (nSPS) is 11.4. The number of benzene rings is 1. The van der Waals surface area contributed by atoms with Gasteiger partial charge in [-0.05, 0) is 35.8 Å². The first-order chi connectivity index (χ1) is 11.9. The van der Waals surface area contributed by atoms with E-state index in [9.17, 15) is 14.0 Å². The van der Waals surface area contributed by atoms with Gasteiger partial charge in [0.05, 0.1) is 12.2 Å². The number of aldehydes is 1. The molecule has 0 atom stereocenters. The zero-order valence-corrected chi connectivity index (χ0v) is 14.9. The average Bonchev–Trinajstić information content (AvgIpc) is 2.58. The molecule has 0 N–H and O–H groups in total. The SMILES string of the molecule is COCc1c(-c2ccc(F)cc2)c(C=CC=O)c(C(C)C)n(C)c1=O. The molecule has 1 aromatic carbocycles. The predicted molar refractivity (Wildman–Crippen MR) is 97.0 cm³/mol. The van der Waals surface area contributed by atoms with Crippen LogP contribution < -0.4 is 5.56 Å². The summed E-state index contributed by atoms with van der Waals surface area (Å²) in [5.74, 6) is -0.297. The highest BCUT2D eigenvalue weighted by molar-refractivity contribution is 5.83. The summed E-state index contributed by atoms with van der Waals surface area (Å²) in [7, 11) is 3.23. The number of methoxy groups -OCH3 is 1. The van der Waals surface area contributed by atoms with E-state index in [1.807, 2.05) is 13.8 Å². The van der Waals surface area contributed by atoms with E-state index >= 15 is 0 Å². The summed E-state index contributed by atoms with van der Waals surface area (Å²) in [5, 5.41) is 0. The quantitative estimate of drug-likeness (QED) is 0.594. The fourth-order valence-electron chi connectivity index (χ4n) is 3.12. The maximum Gasteiger partial charge on any atom is 0.256 e. The number of carbonyl (C=O) groups excluding carboxylic acids is 1. The van der Waals surface area contributed by atoms with Gasteiger partial charge in [0.1, 0.15) is 12.1 Å². The number of allylic oxidation sites excluding steroid dienone is 1. The second-order valence-electron chi connectivity index (χ2n) is 6.11. The zero-order valence-electron chi connectivity index (χ0n) is 14.9. The van der Waals surface area contributed by atoms with Crippen molar-refractivity contribution < 1.29 is 13.9 Å². The van der Waals surface area contributed by atoms with Gasteiger partial charge in [0, 0.05) is 31.0 Å². The smallest absolute Gasteiger partial charge is 0.256 e. The van der Waals surface area contributed by atoms with E-state index in [-0.39, 0.29) is 23.9 Å². The van der Waals surface area contributed by atoms with Gasteiger partial charge < -0.3 is 9.30 Å². The van der Waals surface area contributed by atoms with Crippen molar-refractivity contribution in [3.05, 3.63) is 63.3 Å². The lowest BCUT2D eigenvalue weighted by Gasteiger charge is -2.22. The Morgan fingerprint density at radius 3 is 2.40 bits per heavy atom. The maximum atomic E-state index is 13.4. The van der Waals surface area contributed by atoms with E-state index in [2.05, 4.69) is 0 Å². The Morgan fingerprint density at radius 2 is 1.88 bits per heavy atom. The van der Waals surface area contributed by atoms with Crippen molar-refractivity contribution in [2.45, 2.75) is 26.4 Å². The molecule has 0 radical (unpaired) electrons. The summed E-state index contributed by atoms with van der Waals surface area (Å²) in [6, 6.07) is 5.97. The molecule has 0 bridgehead atoms. The summed E-state index contributed by atoms with van der Waals surface area (Å²) in [5.41, 5.74) is 3.27. The number of carbonyl (C=O) groups is 1. The van der Waals surface area contributed by atoms with Crippen molar-refractivity contribution in [3.63, 3.8) is 0 Å². The number of aromatic nitrogens is 1. The Hall–Kier alpha value is -2.53. The molecule has 0 spiro atoms. The van der Waals surface area contributed by atoms with Crippen LogP contribution in [0.2, 0.25) is 0 Å². The molecule has 0 saturated carbocycles. The summed E-state index contributed by atoms with van der Waals surface area (Å²) in [4.78, 5) is 23.8. The largest absolute Gasteiger partial charge is 0.380 e. The van der Waals surface area contributed by atoms with Gasteiger partial charge in [-0.3, -0.25) is 9.59 Å². The minimum Gasteiger partial charge on any atom is -0.380 e. The lowest BCUT2D eigenvalue weighted by Crippen LogP contribution is -2.27. The van der Waals surface area contributed by atoms with Gasteiger partial charge in [-0.25, -0.2) is 4.39 Å². The molecule has 0 aliphatic carbocycles. The van der Waals surface area contributed by atoms with E-state index in [0.29, 0.717) is 23.0 Å². The third-order valence-corrected chi connectivity index (χ3v) is 4.08. The van der Waals surface area contributed by atoms with Gasteiger partial charge in [0.15, 0.2) is 0 Å². The van der Waals surface area contributed by atoms with Crippen LogP contribution in [0.5, 0.6) is 0 Å². The minimum atomic E-state index is -0.352. The van der Waals surface area contributed by atoms with E-state index in [4.69, 9.17) is 4.74 Å². The van der Waals surface area contributed by atoms with Crippen LogP contribution in [0, 0.1) is 5.82 Å². The van der Waals surface area contributed by atoms with Gasteiger partial charge in [0.25, 0.3) is 5.56 Å². The highest BCUT2D eigenvalue weighted by Crippen LogP contribution is 2.33. The van der Waals surface area contributed by atoms with Crippen LogP contribution in [0.4, 0.5) is 4.39 Å². The van der Waals surface area contributed by atoms with Gasteiger partial charge in [-0.2, -0.15) is 0 Å². The van der Waals surface area contributed by atoms with Crippen molar-refractivity contribution in [3.8, 4) is 11.1 Å².